The standard InChI is InChI=1S/C27H39N5O2/c1-30-23-8-3-2-7-21(23)18-24(30)27(34)31-15-11-20(12-16-31)6-4-5-13-29-26(33)22-9-10-25-28-14-17-32(25)19-22/h9-10,14,17,19-21,23-24H,2-8,11-13,15-16,18H2,1H3,(H,29,33). The van der Waals surface area contributed by atoms with Gasteiger partial charge in [0.2, 0.25) is 5.91 Å². The smallest absolute Gasteiger partial charge is 0.252 e. The van der Waals surface area contributed by atoms with E-state index in [2.05, 4.69) is 27.1 Å². The zero-order valence-electron chi connectivity index (χ0n) is 20.5. The number of aromatic nitrogens is 2. The number of nitrogens with one attached hydrogen (secondary N) is 1. The zero-order valence-corrected chi connectivity index (χ0v) is 20.5. The highest BCUT2D eigenvalue weighted by atomic mass is 16.2. The summed E-state index contributed by atoms with van der Waals surface area (Å²) in [5, 5.41) is 3.04. The molecule has 2 saturated heterocycles. The van der Waals surface area contributed by atoms with Crippen molar-refractivity contribution in [3.8, 4) is 0 Å². The number of amides is 2. The number of piperidine rings is 1. The lowest BCUT2D eigenvalue weighted by molar-refractivity contribution is -0.137. The fourth-order valence-corrected chi connectivity index (χ4v) is 6.53. The Hall–Kier alpha value is -2.41. The topological polar surface area (TPSA) is 70.0 Å². The Bertz CT molecular complexity index is 996. The van der Waals surface area contributed by atoms with Crippen molar-refractivity contribution < 1.29 is 9.59 Å². The van der Waals surface area contributed by atoms with Crippen molar-refractivity contribution in [1.82, 2.24) is 24.5 Å². The van der Waals surface area contributed by atoms with Gasteiger partial charge in [0.05, 0.1) is 11.6 Å². The van der Waals surface area contributed by atoms with Crippen LogP contribution in [0.5, 0.6) is 0 Å². The van der Waals surface area contributed by atoms with E-state index in [1.54, 1.807) is 6.20 Å². The number of carbonyl (C=O) groups is 2. The van der Waals surface area contributed by atoms with E-state index in [4.69, 9.17) is 0 Å². The first-order valence-electron chi connectivity index (χ1n) is 13.3. The van der Waals surface area contributed by atoms with Crippen LogP contribution in [0.1, 0.15) is 74.6 Å². The van der Waals surface area contributed by atoms with Crippen LogP contribution in [0, 0.1) is 11.8 Å². The van der Waals surface area contributed by atoms with Gasteiger partial charge >= 0.3 is 0 Å². The molecule has 3 atom stereocenters. The van der Waals surface area contributed by atoms with Crippen molar-refractivity contribution in [3.05, 3.63) is 36.3 Å². The summed E-state index contributed by atoms with van der Waals surface area (Å²) >= 11 is 0. The van der Waals surface area contributed by atoms with Crippen LogP contribution in [-0.4, -0.2) is 69.8 Å². The van der Waals surface area contributed by atoms with E-state index < -0.39 is 0 Å². The number of likely N-dealkylation sites (N-methyl/N-ethyl adjacent to an activating group) is 1. The number of imidazole rings is 1. The largest absolute Gasteiger partial charge is 0.352 e. The predicted octanol–water partition coefficient (Wildman–Crippen LogP) is 3.74. The van der Waals surface area contributed by atoms with Gasteiger partial charge in [0.15, 0.2) is 0 Å². The Balaban J connectivity index is 0.987. The number of hydrogen-bond donors (Lipinski definition) is 1. The van der Waals surface area contributed by atoms with Gasteiger partial charge in [-0.15, -0.1) is 0 Å². The van der Waals surface area contributed by atoms with Crippen LogP contribution in [0.15, 0.2) is 30.7 Å². The number of unbranched alkanes of at least 4 members (excludes halogenated alkanes) is 1. The lowest BCUT2D eigenvalue weighted by Crippen LogP contribution is -2.48. The minimum atomic E-state index is -0.0286. The van der Waals surface area contributed by atoms with Gasteiger partial charge in [0.25, 0.3) is 5.91 Å². The van der Waals surface area contributed by atoms with Gasteiger partial charge in [0, 0.05) is 44.3 Å². The fourth-order valence-electron chi connectivity index (χ4n) is 6.53. The van der Waals surface area contributed by atoms with Crippen molar-refractivity contribution >= 4 is 17.5 Å². The molecule has 2 aliphatic heterocycles. The van der Waals surface area contributed by atoms with Crippen molar-refractivity contribution in [2.24, 2.45) is 11.8 Å². The van der Waals surface area contributed by atoms with Crippen LogP contribution in [-0.2, 0) is 4.79 Å². The highest BCUT2D eigenvalue weighted by Crippen LogP contribution is 2.39. The van der Waals surface area contributed by atoms with E-state index in [-0.39, 0.29) is 11.9 Å². The van der Waals surface area contributed by atoms with E-state index in [0.29, 0.717) is 30.0 Å². The van der Waals surface area contributed by atoms with Crippen LogP contribution < -0.4 is 5.32 Å². The van der Waals surface area contributed by atoms with Gasteiger partial charge in [-0.05, 0) is 69.5 Å². The summed E-state index contributed by atoms with van der Waals surface area (Å²) in [6.07, 6.45) is 17.3. The number of pyridine rings is 1. The molecular formula is C27H39N5O2. The Kier molecular flexibility index (Phi) is 7.18. The quantitative estimate of drug-likeness (QED) is 0.633. The average molecular weight is 466 g/mol. The molecule has 0 spiro atoms. The molecule has 184 valence electrons. The van der Waals surface area contributed by atoms with E-state index >= 15 is 0 Å². The first-order chi connectivity index (χ1) is 16.6. The fraction of sp³-hybridized carbons (Fsp3) is 0.667. The molecule has 1 N–H and O–H groups in total. The molecule has 3 unspecified atom stereocenters. The van der Waals surface area contributed by atoms with Crippen LogP contribution in [0.3, 0.4) is 0 Å². The van der Waals surface area contributed by atoms with Crippen LogP contribution in [0.2, 0.25) is 0 Å². The van der Waals surface area contributed by atoms with Gasteiger partial charge in [0.1, 0.15) is 5.65 Å². The molecule has 3 aliphatic rings. The summed E-state index contributed by atoms with van der Waals surface area (Å²) in [7, 11) is 2.18. The van der Waals surface area contributed by atoms with Gasteiger partial charge in [-0.25, -0.2) is 4.98 Å². The average Bonchev–Trinajstić information content (AvgIpc) is 3.47. The van der Waals surface area contributed by atoms with Gasteiger partial charge in [-0.1, -0.05) is 25.7 Å². The minimum Gasteiger partial charge on any atom is -0.352 e. The summed E-state index contributed by atoms with van der Waals surface area (Å²) in [6.45, 7) is 2.53. The summed E-state index contributed by atoms with van der Waals surface area (Å²) in [5.41, 5.74) is 1.51. The molecule has 0 radical (unpaired) electrons. The third kappa shape index (κ3) is 4.99. The maximum Gasteiger partial charge on any atom is 0.252 e. The molecule has 5 rings (SSSR count). The third-order valence-electron chi connectivity index (χ3n) is 8.60. The second-order valence-corrected chi connectivity index (χ2v) is 10.7. The van der Waals surface area contributed by atoms with E-state index in [9.17, 15) is 9.59 Å². The Morgan fingerprint density at radius 2 is 1.91 bits per heavy atom. The normalized spacial score (nSPS) is 26.0. The van der Waals surface area contributed by atoms with E-state index in [1.165, 1.54) is 32.1 Å². The second kappa shape index (κ2) is 10.5. The zero-order chi connectivity index (χ0) is 23.5. The van der Waals surface area contributed by atoms with Crippen LogP contribution >= 0.6 is 0 Å². The third-order valence-corrected chi connectivity index (χ3v) is 8.60. The summed E-state index contributed by atoms with van der Waals surface area (Å²) in [5.74, 6) is 1.79. The summed E-state index contributed by atoms with van der Waals surface area (Å²) < 4.78 is 1.86. The van der Waals surface area contributed by atoms with Crippen molar-refractivity contribution in [2.75, 3.05) is 26.7 Å². The predicted molar refractivity (Wildman–Crippen MR) is 133 cm³/mol. The Labute approximate surface area is 202 Å². The molecule has 2 amide bonds. The maximum atomic E-state index is 13.2. The first-order valence-corrected chi connectivity index (χ1v) is 13.3. The van der Waals surface area contributed by atoms with Crippen molar-refractivity contribution in [3.63, 3.8) is 0 Å². The highest BCUT2D eigenvalue weighted by molar-refractivity contribution is 5.94. The lowest BCUT2D eigenvalue weighted by Gasteiger charge is -2.36. The SMILES string of the molecule is CN1C(C(=O)N2CCC(CCCCNC(=O)c3ccc4nccn4c3)CC2)CC2CCCCC21. The molecule has 3 fully saturated rings. The number of fused-ring (bicyclic) bond motifs is 2. The molecular weight excluding hydrogens is 426 g/mol. The Morgan fingerprint density at radius 1 is 1.09 bits per heavy atom. The molecule has 1 saturated carbocycles. The minimum absolute atomic E-state index is 0.0286. The number of nitrogens with zero attached hydrogens (tertiary/aromatic N) is 4. The molecule has 0 aromatic carbocycles. The molecule has 4 heterocycles. The van der Waals surface area contributed by atoms with Crippen molar-refractivity contribution in [2.45, 2.75) is 76.3 Å². The van der Waals surface area contributed by atoms with Crippen molar-refractivity contribution in [1.29, 1.82) is 0 Å². The second-order valence-electron chi connectivity index (χ2n) is 10.7. The van der Waals surface area contributed by atoms with Crippen LogP contribution in [0.25, 0.3) is 5.65 Å². The van der Waals surface area contributed by atoms with Gasteiger partial charge in [-0.2, -0.15) is 0 Å². The Morgan fingerprint density at radius 3 is 2.74 bits per heavy atom. The molecule has 0 bridgehead atoms. The summed E-state index contributed by atoms with van der Waals surface area (Å²) in [4.78, 5) is 34.4. The number of rotatable bonds is 7. The lowest BCUT2D eigenvalue weighted by atomic mass is 9.84. The van der Waals surface area contributed by atoms with Gasteiger partial charge in [-0.3, -0.25) is 14.5 Å². The molecule has 2 aromatic rings. The maximum absolute atomic E-state index is 13.2. The van der Waals surface area contributed by atoms with E-state index in [0.717, 1.165) is 56.8 Å². The summed E-state index contributed by atoms with van der Waals surface area (Å²) in [6, 6.07) is 4.44. The number of carbonyl (C=O) groups excluding carboxylic acids is 2. The molecule has 34 heavy (non-hydrogen) atoms. The number of likely N-dealkylation sites (tertiary alicyclic amines) is 2. The highest BCUT2D eigenvalue weighted by Gasteiger charge is 2.44. The monoisotopic (exact) mass is 465 g/mol. The number of hydrogen-bond acceptors (Lipinski definition) is 4. The van der Waals surface area contributed by atoms with Crippen LogP contribution in [0.4, 0.5) is 0 Å². The first kappa shape index (κ1) is 23.3. The molecule has 7 nitrogen and oxygen atoms in total. The molecule has 7 heteroatoms. The molecule has 2 aromatic heterocycles. The molecule has 1 aliphatic carbocycles. The van der Waals surface area contributed by atoms with E-state index in [1.807, 2.05) is 28.9 Å². The van der Waals surface area contributed by atoms with Gasteiger partial charge < -0.3 is 14.6 Å².